The summed E-state index contributed by atoms with van der Waals surface area (Å²) < 4.78 is 5.59. The number of carbonyl (C=O) groups excluding carboxylic acids is 2. The number of nitrogens with zero attached hydrogens (tertiary/aromatic N) is 2. The second-order valence-electron chi connectivity index (χ2n) is 7.69. The monoisotopic (exact) mass is 420 g/mol. The summed E-state index contributed by atoms with van der Waals surface area (Å²) in [6.45, 7) is 6.81. The number of para-hydroxylation sites is 3. The third-order valence-electron chi connectivity index (χ3n) is 5.73. The highest BCUT2D eigenvalue weighted by Gasteiger charge is 2.28. The standard InChI is InChI=1S/C24H28N4O3/c1-3-31-22-11-7-6-10-20(22)26-23(29)17(2)27-12-14-28(15-13-27)24(30)21-16-18-8-4-5-9-19(18)25-21/h4-11,16-17,25H,3,12-15H2,1-2H3,(H,26,29). The Morgan fingerprint density at radius 3 is 2.52 bits per heavy atom. The minimum Gasteiger partial charge on any atom is -0.492 e. The van der Waals surface area contributed by atoms with Crippen molar-refractivity contribution in [3.8, 4) is 5.75 Å². The molecule has 1 aliphatic heterocycles. The van der Waals surface area contributed by atoms with E-state index in [-0.39, 0.29) is 17.9 Å². The van der Waals surface area contributed by atoms with Crippen molar-refractivity contribution in [1.82, 2.24) is 14.8 Å². The molecule has 1 aliphatic rings. The lowest BCUT2D eigenvalue weighted by molar-refractivity contribution is -0.121. The number of hydrogen-bond acceptors (Lipinski definition) is 4. The predicted molar refractivity (Wildman–Crippen MR) is 121 cm³/mol. The molecule has 1 fully saturated rings. The summed E-state index contributed by atoms with van der Waals surface area (Å²) in [5, 5.41) is 4.01. The zero-order valence-electron chi connectivity index (χ0n) is 17.9. The van der Waals surface area contributed by atoms with Crippen LogP contribution in [0.5, 0.6) is 5.75 Å². The number of benzene rings is 2. The fraction of sp³-hybridized carbons (Fsp3) is 0.333. The van der Waals surface area contributed by atoms with Crippen molar-refractivity contribution >= 4 is 28.4 Å². The van der Waals surface area contributed by atoms with Gasteiger partial charge in [0.1, 0.15) is 11.4 Å². The molecule has 1 unspecified atom stereocenters. The van der Waals surface area contributed by atoms with Crippen molar-refractivity contribution in [3.05, 3.63) is 60.3 Å². The zero-order chi connectivity index (χ0) is 21.8. The van der Waals surface area contributed by atoms with Gasteiger partial charge in [0.25, 0.3) is 5.91 Å². The fourth-order valence-electron chi connectivity index (χ4n) is 3.93. The molecule has 0 spiro atoms. The van der Waals surface area contributed by atoms with Crippen LogP contribution >= 0.6 is 0 Å². The number of anilines is 1. The number of aromatic nitrogens is 1. The highest BCUT2D eigenvalue weighted by atomic mass is 16.5. The van der Waals surface area contributed by atoms with Gasteiger partial charge >= 0.3 is 0 Å². The highest BCUT2D eigenvalue weighted by Crippen LogP contribution is 2.24. The first-order valence-electron chi connectivity index (χ1n) is 10.7. The molecule has 7 nitrogen and oxygen atoms in total. The Kier molecular flexibility index (Phi) is 6.23. The second kappa shape index (κ2) is 9.22. The summed E-state index contributed by atoms with van der Waals surface area (Å²) in [7, 11) is 0. The summed E-state index contributed by atoms with van der Waals surface area (Å²) >= 11 is 0. The molecule has 1 atom stereocenters. The van der Waals surface area contributed by atoms with Crippen LogP contribution in [0.3, 0.4) is 0 Å². The van der Waals surface area contributed by atoms with E-state index in [1.807, 2.05) is 73.3 Å². The number of ether oxygens (including phenoxy) is 1. The van der Waals surface area contributed by atoms with E-state index in [1.165, 1.54) is 0 Å². The van der Waals surface area contributed by atoms with E-state index in [2.05, 4.69) is 15.2 Å². The quantitative estimate of drug-likeness (QED) is 0.641. The largest absolute Gasteiger partial charge is 0.492 e. The molecule has 31 heavy (non-hydrogen) atoms. The van der Waals surface area contributed by atoms with Gasteiger partial charge in [-0.3, -0.25) is 14.5 Å². The number of H-pyrrole nitrogens is 1. The molecule has 1 aromatic heterocycles. The van der Waals surface area contributed by atoms with E-state index in [0.717, 1.165) is 10.9 Å². The molecule has 2 amide bonds. The highest BCUT2D eigenvalue weighted by molar-refractivity contribution is 5.98. The first-order chi connectivity index (χ1) is 15.1. The molecule has 162 valence electrons. The topological polar surface area (TPSA) is 77.7 Å². The van der Waals surface area contributed by atoms with Gasteiger partial charge in [-0.25, -0.2) is 0 Å². The Balaban J connectivity index is 1.34. The van der Waals surface area contributed by atoms with Crippen LogP contribution in [0.1, 0.15) is 24.3 Å². The molecule has 2 N–H and O–H groups in total. The molecule has 0 aliphatic carbocycles. The molecule has 0 bridgehead atoms. The molecule has 4 rings (SSSR count). The molecule has 2 aromatic carbocycles. The number of carbonyl (C=O) groups is 2. The van der Waals surface area contributed by atoms with Crippen molar-refractivity contribution < 1.29 is 14.3 Å². The van der Waals surface area contributed by atoms with Gasteiger partial charge in [0.15, 0.2) is 0 Å². The summed E-state index contributed by atoms with van der Waals surface area (Å²) in [5.41, 5.74) is 2.24. The number of hydrogen-bond donors (Lipinski definition) is 2. The maximum Gasteiger partial charge on any atom is 0.270 e. The summed E-state index contributed by atoms with van der Waals surface area (Å²) in [6, 6.07) is 16.9. The molecular weight excluding hydrogens is 392 g/mol. The zero-order valence-corrected chi connectivity index (χ0v) is 17.9. The number of nitrogens with one attached hydrogen (secondary N) is 2. The molecule has 0 radical (unpaired) electrons. The summed E-state index contributed by atoms with van der Waals surface area (Å²) in [4.78, 5) is 32.9. The van der Waals surface area contributed by atoms with E-state index in [4.69, 9.17) is 4.74 Å². The molecule has 7 heteroatoms. The number of aromatic amines is 1. The maximum absolute atomic E-state index is 12.9. The van der Waals surface area contributed by atoms with Crippen molar-refractivity contribution in [3.63, 3.8) is 0 Å². The van der Waals surface area contributed by atoms with E-state index in [9.17, 15) is 9.59 Å². The Morgan fingerprint density at radius 1 is 1.06 bits per heavy atom. The van der Waals surface area contributed by atoms with Crippen molar-refractivity contribution in [2.24, 2.45) is 0 Å². The van der Waals surface area contributed by atoms with Crippen LogP contribution in [-0.4, -0.2) is 65.4 Å². The normalized spacial score (nSPS) is 15.6. The van der Waals surface area contributed by atoms with E-state index < -0.39 is 0 Å². The Labute approximate surface area is 182 Å². The molecular formula is C24H28N4O3. The van der Waals surface area contributed by atoms with E-state index >= 15 is 0 Å². The van der Waals surface area contributed by atoms with Gasteiger partial charge in [0.2, 0.25) is 5.91 Å². The smallest absolute Gasteiger partial charge is 0.270 e. The van der Waals surface area contributed by atoms with Crippen LogP contribution in [-0.2, 0) is 4.79 Å². The fourth-order valence-corrected chi connectivity index (χ4v) is 3.93. The van der Waals surface area contributed by atoms with Crippen molar-refractivity contribution in [2.45, 2.75) is 19.9 Å². The van der Waals surface area contributed by atoms with Crippen LogP contribution in [0.4, 0.5) is 5.69 Å². The van der Waals surface area contributed by atoms with Gasteiger partial charge in [0, 0.05) is 37.1 Å². The summed E-state index contributed by atoms with van der Waals surface area (Å²) in [5.74, 6) is 0.584. The third kappa shape index (κ3) is 4.56. The average Bonchev–Trinajstić information content (AvgIpc) is 3.24. The number of amides is 2. The van der Waals surface area contributed by atoms with Crippen LogP contribution in [0.25, 0.3) is 10.9 Å². The Hall–Kier alpha value is -3.32. The van der Waals surface area contributed by atoms with Crippen LogP contribution in [0.2, 0.25) is 0 Å². The molecule has 2 heterocycles. The first-order valence-corrected chi connectivity index (χ1v) is 10.7. The number of fused-ring (bicyclic) bond motifs is 1. The Bertz CT molecular complexity index is 1040. The number of piperazine rings is 1. The Morgan fingerprint density at radius 2 is 1.77 bits per heavy atom. The van der Waals surface area contributed by atoms with Crippen molar-refractivity contribution in [2.75, 3.05) is 38.1 Å². The lowest BCUT2D eigenvalue weighted by atomic mass is 10.2. The minimum absolute atomic E-state index is 0.00130. The van der Waals surface area contributed by atoms with Crippen LogP contribution in [0.15, 0.2) is 54.6 Å². The van der Waals surface area contributed by atoms with Crippen LogP contribution < -0.4 is 10.1 Å². The summed E-state index contributed by atoms with van der Waals surface area (Å²) in [6.07, 6.45) is 0. The number of rotatable bonds is 6. The minimum atomic E-state index is -0.306. The molecule has 0 saturated carbocycles. The van der Waals surface area contributed by atoms with E-state index in [0.29, 0.717) is 49.9 Å². The predicted octanol–water partition coefficient (Wildman–Crippen LogP) is 3.35. The van der Waals surface area contributed by atoms with Crippen LogP contribution in [0, 0.1) is 0 Å². The van der Waals surface area contributed by atoms with Gasteiger partial charge in [-0.05, 0) is 38.1 Å². The van der Waals surface area contributed by atoms with Gasteiger partial charge in [0.05, 0.1) is 18.3 Å². The lowest BCUT2D eigenvalue weighted by Gasteiger charge is -2.37. The van der Waals surface area contributed by atoms with E-state index in [1.54, 1.807) is 0 Å². The van der Waals surface area contributed by atoms with Gasteiger partial charge < -0.3 is 19.9 Å². The molecule has 1 saturated heterocycles. The lowest BCUT2D eigenvalue weighted by Crippen LogP contribution is -2.54. The SMILES string of the molecule is CCOc1ccccc1NC(=O)C(C)N1CCN(C(=O)c2cc3ccccc3[nH]2)CC1. The first kappa shape index (κ1) is 20.9. The van der Waals surface area contributed by atoms with Gasteiger partial charge in [-0.1, -0.05) is 30.3 Å². The van der Waals surface area contributed by atoms with Gasteiger partial charge in [-0.15, -0.1) is 0 Å². The average molecular weight is 421 g/mol. The molecule has 3 aromatic rings. The van der Waals surface area contributed by atoms with Crippen molar-refractivity contribution in [1.29, 1.82) is 0 Å². The second-order valence-corrected chi connectivity index (χ2v) is 7.69. The van der Waals surface area contributed by atoms with Gasteiger partial charge in [-0.2, -0.15) is 0 Å². The maximum atomic E-state index is 12.9. The third-order valence-corrected chi connectivity index (χ3v) is 5.73.